The van der Waals surface area contributed by atoms with Crippen LogP contribution >= 0.6 is 0 Å². The second-order valence-corrected chi connectivity index (χ2v) is 8.35. The standard InChI is InChI=1S/C17H17NO7S/c1-18(12-6-7-26(22,23)10-12)15(19)9-24-16(20)13-8-11-4-2-3-5-14(11)25-17(13)21/h2-5,8,12H,6-7,9-10H2,1H3/t12-/m1/s1. The summed E-state index contributed by atoms with van der Waals surface area (Å²) in [4.78, 5) is 37.4. The van der Waals surface area contributed by atoms with Crippen LogP contribution in [0.3, 0.4) is 0 Å². The van der Waals surface area contributed by atoms with Gasteiger partial charge in [-0.1, -0.05) is 18.2 Å². The minimum atomic E-state index is -3.13. The molecular formula is C17H17NO7S. The lowest BCUT2D eigenvalue weighted by molar-refractivity contribution is -0.134. The molecule has 0 aliphatic carbocycles. The number of hydrogen-bond donors (Lipinski definition) is 0. The largest absolute Gasteiger partial charge is 0.452 e. The highest BCUT2D eigenvalue weighted by Gasteiger charge is 2.33. The molecule has 0 radical (unpaired) electrons. The third kappa shape index (κ3) is 3.77. The predicted molar refractivity (Wildman–Crippen MR) is 92.6 cm³/mol. The Morgan fingerprint density at radius 2 is 2.04 bits per heavy atom. The molecule has 2 heterocycles. The SMILES string of the molecule is CN(C(=O)COC(=O)c1cc2ccccc2oc1=O)[C@@H]1CCS(=O)(=O)C1. The van der Waals surface area contributed by atoms with Gasteiger partial charge in [-0.15, -0.1) is 0 Å². The number of amides is 1. The van der Waals surface area contributed by atoms with E-state index in [-0.39, 0.29) is 17.1 Å². The van der Waals surface area contributed by atoms with Gasteiger partial charge in [0.2, 0.25) is 0 Å². The highest BCUT2D eigenvalue weighted by atomic mass is 32.2. The van der Waals surface area contributed by atoms with Gasteiger partial charge in [-0.2, -0.15) is 0 Å². The fourth-order valence-corrected chi connectivity index (χ4v) is 4.57. The Balaban J connectivity index is 1.66. The maximum absolute atomic E-state index is 12.1. The van der Waals surface area contributed by atoms with Crippen LogP contribution in [0.4, 0.5) is 0 Å². The van der Waals surface area contributed by atoms with E-state index in [2.05, 4.69) is 0 Å². The first-order valence-corrected chi connectivity index (χ1v) is 9.75. The van der Waals surface area contributed by atoms with Gasteiger partial charge < -0.3 is 14.1 Å². The summed E-state index contributed by atoms with van der Waals surface area (Å²) in [6.45, 7) is -0.585. The summed E-state index contributed by atoms with van der Waals surface area (Å²) >= 11 is 0. The van der Waals surface area contributed by atoms with Gasteiger partial charge in [0, 0.05) is 18.5 Å². The molecule has 0 unspecified atom stereocenters. The molecule has 1 aliphatic heterocycles. The number of ether oxygens (including phenoxy) is 1. The number of benzene rings is 1. The fraction of sp³-hybridized carbons (Fsp3) is 0.353. The number of carbonyl (C=O) groups excluding carboxylic acids is 2. The van der Waals surface area contributed by atoms with Gasteiger partial charge in [-0.25, -0.2) is 18.0 Å². The molecule has 1 aromatic carbocycles. The molecule has 0 saturated carbocycles. The fourth-order valence-electron chi connectivity index (χ4n) is 2.80. The third-order valence-electron chi connectivity index (χ3n) is 4.34. The maximum Gasteiger partial charge on any atom is 0.351 e. The predicted octanol–water partition coefficient (Wildman–Crippen LogP) is 0.595. The Bertz CT molecular complexity index is 1020. The van der Waals surface area contributed by atoms with E-state index < -0.39 is 40.0 Å². The van der Waals surface area contributed by atoms with E-state index in [1.807, 2.05) is 0 Å². The van der Waals surface area contributed by atoms with Crippen molar-refractivity contribution in [3.63, 3.8) is 0 Å². The minimum Gasteiger partial charge on any atom is -0.452 e. The normalized spacial score (nSPS) is 18.6. The molecule has 3 rings (SSSR count). The van der Waals surface area contributed by atoms with Gasteiger partial charge in [0.05, 0.1) is 11.5 Å². The van der Waals surface area contributed by atoms with E-state index in [1.165, 1.54) is 18.0 Å². The van der Waals surface area contributed by atoms with Crippen molar-refractivity contribution in [1.29, 1.82) is 0 Å². The number of hydrogen-bond acceptors (Lipinski definition) is 7. The van der Waals surface area contributed by atoms with Gasteiger partial charge in [-0.05, 0) is 18.6 Å². The van der Waals surface area contributed by atoms with Crippen molar-refractivity contribution in [3.8, 4) is 0 Å². The zero-order valence-corrected chi connectivity index (χ0v) is 14.8. The topological polar surface area (TPSA) is 111 Å². The Morgan fingerprint density at radius 1 is 1.31 bits per heavy atom. The van der Waals surface area contributed by atoms with Crippen LogP contribution in [0.1, 0.15) is 16.8 Å². The summed E-state index contributed by atoms with van der Waals surface area (Å²) in [6, 6.07) is 7.61. The van der Waals surface area contributed by atoms with E-state index in [0.717, 1.165) is 0 Å². The molecule has 1 aliphatic rings. The van der Waals surface area contributed by atoms with Crippen molar-refractivity contribution in [1.82, 2.24) is 4.90 Å². The van der Waals surface area contributed by atoms with E-state index in [4.69, 9.17) is 9.15 Å². The Hall–Kier alpha value is -2.68. The molecule has 138 valence electrons. The lowest BCUT2D eigenvalue weighted by Crippen LogP contribution is -2.40. The lowest BCUT2D eigenvalue weighted by Gasteiger charge is -2.23. The monoisotopic (exact) mass is 379 g/mol. The molecule has 1 saturated heterocycles. The van der Waals surface area contributed by atoms with Gasteiger partial charge in [0.15, 0.2) is 16.4 Å². The summed E-state index contributed by atoms with van der Waals surface area (Å²) < 4.78 is 33.0. The first kappa shape index (κ1) is 18.1. The van der Waals surface area contributed by atoms with E-state index in [9.17, 15) is 22.8 Å². The van der Waals surface area contributed by atoms with Crippen LogP contribution < -0.4 is 5.63 Å². The van der Waals surface area contributed by atoms with Gasteiger partial charge in [0.1, 0.15) is 11.1 Å². The van der Waals surface area contributed by atoms with E-state index in [1.54, 1.807) is 24.3 Å². The number of para-hydroxylation sites is 1. The van der Waals surface area contributed by atoms with Crippen molar-refractivity contribution >= 4 is 32.7 Å². The van der Waals surface area contributed by atoms with Crippen LogP contribution in [0.15, 0.2) is 39.5 Å². The van der Waals surface area contributed by atoms with Crippen LogP contribution in [0, 0.1) is 0 Å². The molecule has 1 atom stereocenters. The number of esters is 1. The summed E-state index contributed by atoms with van der Waals surface area (Å²) in [5.74, 6) is -1.57. The molecule has 2 aromatic rings. The molecule has 9 heteroatoms. The molecule has 0 N–H and O–H groups in total. The van der Waals surface area contributed by atoms with Gasteiger partial charge in [-0.3, -0.25) is 4.79 Å². The molecule has 8 nitrogen and oxygen atoms in total. The van der Waals surface area contributed by atoms with Crippen LogP contribution in [0.5, 0.6) is 0 Å². The molecule has 1 aromatic heterocycles. The highest BCUT2D eigenvalue weighted by molar-refractivity contribution is 7.91. The van der Waals surface area contributed by atoms with Crippen molar-refractivity contribution in [2.75, 3.05) is 25.2 Å². The van der Waals surface area contributed by atoms with Crippen LogP contribution in [-0.2, 0) is 19.4 Å². The molecular weight excluding hydrogens is 362 g/mol. The average Bonchev–Trinajstić information content (AvgIpc) is 2.97. The number of carbonyl (C=O) groups is 2. The van der Waals surface area contributed by atoms with Crippen LogP contribution in [0.2, 0.25) is 0 Å². The van der Waals surface area contributed by atoms with E-state index >= 15 is 0 Å². The van der Waals surface area contributed by atoms with E-state index in [0.29, 0.717) is 17.4 Å². The van der Waals surface area contributed by atoms with Crippen LogP contribution in [0.25, 0.3) is 11.0 Å². The number of likely N-dealkylation sites (N-methyl/N-ethyl adjacent to an activating group) is 1. The second-order valence-electron chi connectivity index (χ2n) is 6.12. The van der Waals surface area contributed by atoms with Gasteiger partial charge >= 0.3 is 11.6 Å². The summed E-state index contributed by atoms with van der Waals surface area (Å²) in [7, 11) is -1.67. The molecule has 0 spiro atoms. The van der Waals surface area contributed by atoms with Crippen molar-refractivity contribution in [2.45, 2.75) is 12.5 Å². The first-order chi connectivity index (χ1) is 12.3. The van der Waals surface area contributed by atoms with Crippen LogP contribution in [-0.4, -0.2) is 56.4 Å². The second kappa shape index (κ2) is 6.91. The smallest absolute Gasteiger partial charge is 0.351 e. The quantitative estimate of drug-likeness (QED) is 0.565. The number of nitrogens with zero attached hydrogens (tertiary/aromatic N) is 1. The maximum atomic E-state index is 12.1. The third-order valence-corrected chi connectivity index (χ3v) is 6.09. The summed E-state index contributed by atoms with van der Waals surface area (Å²) in [5.41, 5.74) is -0.814. The Kier molecular flexibility index (Phi) is 4.82. The number of rotatable bonds is 4. The molecule has 26 heavy (non-hydrogen) atoms. The molecule has 1 fully saturated rings. The summed E-state index contributed by atoms with van der Waals surface area (Å²) in [6.07, 6.45) is 0.354. The van der Waals surface area contributed by atoms with Crippen molar-refractivity contribution < 1.29 is 27.2 Å². The van der Waals surface area contributed by atoms with Gasteiger partial charge in [0.25, 0.3) is 5.91 Å². The summed E-state index contributed by atoms with van der Waals surface area (Å²) in [5, 5.41) is 0.554. The zero-order valence-electron chi connectivity index (χ0n) is 14.0. The number of fused-ring (bicyclic) bond motifs is 1. The Labute approximate surface area is 149 Å². The molecule has 1 amide bonds. The minimum absolute atomic E-state index is 0.0349. The van der Waals surface area contributed by atoms with Crippen molar-refractivity contribution in [3.05, 3.63) is 46.3 Å². The average molecular weight is 379 g/mol. The van der Waals surface area contributed by atoms with Crippen molar-refractivity contribution in [2.24, 2.45) is 0 Å². The lowest BCUT2D eigenvalue weighted by atomic mass is 10.2. The Morgan fingerprint density at radius 3 is 2.73 bits per heavy atom. The number of sulfone groups is 1. The highest BCUT2D eigenvalue weighted by Crippen LogP contribution is 2.17. The molecule has 0 bridgehead atoms. The first-order valence-electron chi connectivity index (χ1n) is 7.93. The zero-order chi connectivity index (χ0) is 18.9.